The van der Waals surface area contributed by atoms with Crippen LogP contribution in [0.3, 0.4) is 0 Å². The van der Waals surface area contributed by atoms with Gasteiger partial charge in [0.2, 0.25) is 10.0 Å². The van der Waals surface area contributed by atoms with E-state index in [1.165, 1.54) is 48.0 Å². The van der Waals surface area contributed by atoms with Crippen LogP contribution in [0.5, 0.6) is 0 Å². The predicted molar refractivity (Wildman–Crippen MR) is 225 cm³/mol. The first-order chi connectivity index (χ1) is 26.3. The van der Waals surface area contributed by atoms with Crippen LogP contribution in [0.1, 0.15) is 43.1 Å². The lowest BCUT2D eigenvalue weighted by Crippen LogP contribution is -2.34. The molecule has 0 radical (unpaired) electrons. The maximum Gasteiger partial charge on any atom is 0.211 e. The number of thioether (sulfide) groups is 2. The molecule has 276 valence electrons. The third-order valence-electron chi connectivity index (χ3n) is 9.99. The Labute approximate surface area is 329 Å². The zero-order valence-electron chi connectivity index (χ0n) is 29.8. The highest BCUT2D eigenvalue weighted by Gasteiger charge is 2.28. The molecule has 0 saturated heterocycles. The van der Waals surface area contributed by atoms with E-state index < -0.39 is 10.0 Å². The van der Waals surface area contributed by atoms with E-state index in [4.69, 9.17) is 0 Å². The molecule has 4 aromatic heterocycles. The van der Waals surface area contributed by atoms with E-state index in [1.54, 1.807) is 58.9 Å². The molecule has 0 amide bonds. The number of nitrogens with one attached hydrogen (secondary N) is 3. The van der Waals surface area contributed by atoms with Crippen molar-refractivity contribution >= 4 is 112 Å². The number of hydrogen-bond donors (Lipinski definition) is 3. The van der Waals surface area contributed by atoms with E-state index in [0.29, 0.717) is 19.5 Å². The molecule has 8 heterocycles. The van der Waals surface area contributed by atoms with Gasteiger partial charge in [0.05, 0.1) is 41.5 Å². The highest BCUT2D eigenvalue weighted by molar-refractivity contribution is 7.99. The SMILES string of the molecule is CSc1cc2c(cc1Nc1ncnc3sc4c(c13)CCN(S(C)(=O)=O)C4)C=NC2.CSc1cc2c(cc1Nc1ncnc3sc4c(c13)CCNC4)C=NC2. The number of benzene rings is 2. The first kappa shape index (κ1) is 35.7. The molecule has 0 bridgehead atoms. The molecular formula is C37H36N10O2S5. The van der Waals surface area contributed by atoms with Crippen LogP contribution in [0.25, 0.3) is 20.4 Å². The van der Waals surface area contributed by atoms with Crippen molar-refractivity contribution in [3.63, 3.8) is 0 Å². The van der Waals surface area contributed by atoms with Gasteiger partial charge in [0.15, 0.2) is 0 Å². The summed E-state index contributed by atoms with van der Waals surface area (Å²) in [6, 6.07) is 8.73. The summed E-state index contributed by atoms with van der Waals surface area (Å²) >= 11 is 6.76. The van der Waals surface area contributed by atoms with Crippen LogP contribution in [-0.2, 0) is 49.0 Å². The van der Waals surface area contributed by atoms with Crippen molar-refractivity contribution < 1.29 is 8.42 Å². The van der Waals surface area contributed by atoms with Crippen LogP contribution in [-0.4, -0.2) is 76.9 Å². The molecule has 4 aliphatic rings. The van der Waals surface area contributed by atoms with Crippen molar-refractivity contribution in [3.05, 3.63) is 80.1 Å². The largest absolute Gasteiger partial charge is 0.339 e. The van der Waals surface area contributed by atoms with Gasteiger partial charge < -0.3 is 16.0 Å². The van der Waals surface area contributed by atoms with Gasteiger partial charge in [0.1, 0.15) is 34.0 Å². The zero-order valence-corrected chi connectivity index (χ0v) is 33.8. The van der Waals surface area contributed by atoms with E-state index in [9.17, 15) is 8.42 Å². The standard InChI is InChI=1S/C19H19N5O2S3.C18H17N5S2/c1-27-15-6-12-8-20-7-11(12)5-14(15)23-18-17-13-3-4-24(29(2,25)26)9-16(13)28-19(17)22-10-21-18;1-24-14-5-11-7-20-6-10(11)4-13(14)23-17-16-12-2-3-19-8-15(12)25-18(16)22-9-21-17/h5-7,10H,3-4,8-9H2,1-2H3,(H,21,22,23);4-6,9,19H,2-3,7-8H2,1H3,(H,21,22,23). The first-order valence-corrected chi connectivity index (χ1v) is 23.3. The number of thiophene rings is 2. The fraction of sp³-hybridized carbons (Fsp3) is 0.297. The molecule has 3 N–H and O–H groups in total. The van der Waals surface area contributed by atoms with Crippen molar-refractivity contribution in [2.75, 3.05) is 42.5 Å². The molecule has 17 heteroatoms. The van der Waals surface area contributed by atoms with Crippen LogP contribution >= 0.6 is 46.2 Å². The highest BCUT2D eigenvalue weighted by atomic mass is 32.2. The second-order valence-corrected chi connectivity index (χ2v) is 19.1. The van der Waals surface area contributed by atoms with E-state index in [2.05, 4.69) is 82.6 Å². The summed E-state index contributed by atoms with van der Waals surface area (Å²) in [6.07, 6.45) is 14.2. The van der Waals surface area contributed by atoms with Crippen molar-refractivity contribution in [1.82, 2.24) is 29.6 Å². The third-order valence-corrected chi connectivity index (χ3v) is 15.1. The van der Waals surface area contributed by atoms with Crippen molar-refractivity contribution in [2.45, 2.75) is 48.8 Å². The predicted octanol–water partition coefficient (Wildman–Crippen LogP) is 7.14. The number of anilines is 4. The fourth-order valence-electron chi connectivity index (χ4n) is 7.30. The minimum absolute atomic E-state index is 0.403. The quantitative estimate of drug-likeness (QED) is 0.141. The van der Waals surface area contributed by atoms with E-state index in [0.717, 1.165) is 91.6 Å². The van der Waals surface area contributed by atoms with Crippen LogP contribution in [0.2, 0.25) is 0 Å². The number of aromatic nitrogens is 4. The minimum Gasteiger partial charge on any atom is -0.339 e. The molecule has 12 nitrogen and oxygen atoms in total. The van der Waals surface area contributed by atoms with Gasteiger partial charge in [-0.25, -0.2) is 28.4 Å². The molecule has 0 saturated carbocycles. The van der Waals surface area contributed by atoms with Crippen molar-refractivity contribution in [2.24, 2.45) is 9.98 Å². The monoisotopic (exact) mass is 812 g/mol. The summed E-state index contributed by atoms with van der Waals surface area (Å²) in [5, 5.41) is 12.7. The normalized spacial score (nSPS) is 15.8. The molecule has 54 heavy (non-hydrogen) atoms. The molecule has 2 aromatic carbocycles. The topological polar surface area (TPSA) is 150 Å². The van der Waals surface area contributed by atoms with Gasteiger partial charge in [-0.2, -0.15) is 4.31 Å². The second kappa shape index (κ2) is 14.6. The lowest BCUT2D eigenvalue weighted by Gasteiger charge is -2.24. The average Bonchev–Trinajstić information content (AvgIpc) is 3.98. The molecular weight excluding hydrogens is 777 g/mol. The molecule has 6 aromatic rings. The summed E-state index contributed by atoms with van der Waals surface area (Å²) in [5.74, 6) is 1.68. The van der Waals surface area contributed by atoms with Crippen molar-refractivity contribution in [3.8, 4) is 0 Å². The Kier molecular flexibility index (Phi) is 9.65. The molecule has 0 aliphatic carbocycles. The number of hydrogen-bond acceptors (Lipinski definition) is 15. The van der Waals surface area contributed by atoms with Crippen LogP contribution < -0.4 is 16.0 Å². The Morgan fingerprint density at radius 1 is 0.759 bits per heavy atom. The summed E-state index contributed by atoms with van der Waals surface area (Å²) in [4.78, 5) is 33.6. The van der Waals surface area contributed by atoms with E-state index in [-0.39, 0.29) is 0 Å². The number of fused-ring (bicyclic) bond motifs is 8. The smallest absolute Gasteiger partial charge is 0.211 e. The Morgan fingerprint density at radius 3 is 1.87 bits per heavy atom. The number of sulfonamides is 1. The molecule has 0 unspecified atom stereocenters. The minimum atomic E-state index is -3.21. The summed E-state index contributed by atoms with van der Waals surface area (Å²) in [5.41, 5.74) is 9.50. The van der Waals surface area contributed by atoms with Crippen molar-refractivity contribution in [1.29, 1.82) is 0 Å². The van der Waals surface area contributed by atoms with E-state index in [1.807, 2.05) is 12.4 Å². The summed E-state index contributed by atoms with van der Waals surface area (Å²) in [6.45, 7) is 4.35. The van der Waals surface area contributed by atoms with Gasteiger partial charge >= 0.3 is 0 Å². The first-order valence-electron chi connectivity index (χ1n) is 17.4. The Morgan fingerprint density at radius 2 is 1.31 bits per heavy atom. The molecule has 0 fully saturated rings. The van der Waals surface area contributed by atoms with Crippen LogP contribution in [0.15, 0.2) is 56.7 Å². The van der Waals surface area contributed by atoms with Gasteiger partial charge in [-0.15, -0.1) is 46.2 Å². The van der Waals surface area contributed by atoms with Crippen LogP contribution in [0, 0.1) is 0 Å². The van der Waals surface area contributed by atoms with Gasteiger partial charge in [-0.1, -0.05) is 0 Å². The summed E-state index contributed by atoms with van der Waals surface area (Å²) in [7, 11) is -3.21. The molecule has 0 atom stereocenters. The maximum absolute atomic E-state index is 12.0. The molecule has 0 spiro atoms. The third kappa shape index (κ3) is 6.69. The highest BCUT2D eigenvalue weighted by Crippen LogP contribution is 2.41. The number of rotatable bonds is 7. The average molecular weight is 813 g/mol. The number of nitrogens with zero attached hydrogens (tertiary/aromatic N) is 7. The fourth-order valence-corrected chi connectivity index (χ4v) is 11.7. The lowest BCUT2D eigenvalue weighted by atomic mass is 10.1. The zero-order chi connectivity index (χ0) is 37.0. The Balaban J connectivity index is 0.000000144. The van der Waals surface area contributed by atoms with Crippen LogP contribution in [0.4, 0.5) is 23.0 Å². The van der Waals surface area contributed by atoms with Gasteiger partial charge in [0, 0.05) is 51.6 Å². The number of aliphatic imine (C=N–C) groups is 2. The second-order valence-electron chi connectivity index (χ2n) is 13.3. The van der Waals surface area contributed by atoms with E-state index >= 15 is 0 Å². The summed E-state index contributed by atoms with van der Waals surface area (Å²) < 4.78 is 25.4. The lowest BCUT2D eigenvalue weighted by molar-refractivity contribution is 0.400. The van der Waals surface area contributed by atoms with Gasteiger partial charge in [-0.3, -0.25) is 9.98 Å². The Hall–Kier alpha value is -3.97. The Bertz CT molecular complexity index is 2640. The van der Waals surface area contributed by atoms with Gasteiger partial charge in [-0.05, 0) is 89.5 Å². The van der Waals surface area contributed by atoms with Gasteiger partial charge in [0.25, 0.3) is 0 Å². The molecule has 10 rings (SSSR count). The molecule has 4 aliphatic heterocycles. The maximum atomic E-state index is 12.0.